The van der Waals surface area contributed by atoms with Crippen LogP contribution in [0.2, 0.25) is 0 Å². The Morgan fingerprint density at radius 2 is 1.38 bits per heavy atom. The molecule has 2 aliphatic rings. The quantitative estimate of drug-likeness (QED) is 0.467. The van der Waals surface area contributed by atoms with Crippen LogP contribution in [0.4, 0.5) is 0 Å². The fourth-order valence-electron chi connectivity index (χ4n) is 4.76. The van der Waals surface area contributed by atoms with Gasteiger partial charge in [0.05, 0.1) is 17.8 Å². The van der Waals surface area contributed by atoms with Gasteiger partial charge in [0.1, 0.15) is 0 Å². The molecule has 0 radical (unpaired) electrons. The van der Waals surface area contributed by atoms with Gasteiger partial charge in [0.25, 0.3) is 0 Å². The summed E-state index contributed by atoms with van der Waals surface area (Å²) in [4.78, 5) is 5.12. The summed E-state index contributed by atoms with van der Waals surface area (Å²) in [5.74, 6) is 0. The zero-order chi connectivity index (χ0) is 19.9. The number of oxime groups is 1. The third-order valence-corrected chi connectivity index (χ3v) is 6.24. The van der Waals surface area contributed by atoms with Gasteiger partial charge in [0, 0.05) is 26.2 Å². The fourth-order valence-corrected chi connectivity index (χ4v) is 4.76. The average molecular weight is 390 g/mol. The second-order valence-electron chi connectivity index (χ2n) is 7.99. The van der Waals surface area contributed by atoms with Crippen LogP contribution >= 0.6 is 0 Å². The van der Waals surface area contributed by atoms with Crippen LogP contribution in [-0.4, -0.2) is 52.9 Å². The summed E-state index contributed by atoms with van der Waals surface area (Å²) in [6.07, 6.45) is 8.41. The molecule has 0 amide bonds. The molecule has 2 aromatic carbocycles. The third kappa shape index (κ3) is 4.77. The van der Waals surface area contributed by atoms with E-state index in [1.54, 1.807) is 0 Å². The van der Waals surface area contributed by atoms with Crippen LogP contribution in [0.3, 0.4) is 0 Å². The van der Waals surface area contributed by atoms with Crippen molar-refractivity contribution in [2.45, 2.75) is 37.8 Å². The maximum absolute atomic E-state index is 9.57. The Bertz CT molecular complexity index is 771. The molecule has 4 rings (SSSR count). The molecule has 1 heterocycles. The van der Waals surface area contributed by atoms with Crippen molar-refractivity contribution in [2.75, 3.05) is 26.2 Å². The van der Waals surface area contributed by atoms with Gasteiger partial charge in [-0.25, -0.2) is 0 Å². The molecular weight excluding hydrogens is 358 g/mol. The van der Waals surface area contributed by atoms with Crippen molar-refractivity contribution >= 4 is 5.71 Å². The second-order valence-corrected chi connectivity index (χ2v) is 7.99. The lowest BCUT2D eigenvalue weighted by Gasteiger charge is -2.43. The number of allylic oxidation sites excluding steroid dienone is 2. The predicted octanol–water partition coefficient (Wildman–Crippen LogP) is 4.72. The first-order valence-electron chi connectivity index (χ1n) is 10.8. The maximum atomic E-state index is 9.57. The molecule has 1 fully saturated rings. The van der Waals surface area contributed by atoms with Crippen LogP contribution in [0.25, 0.3) is 0 Å². The summed E-state index contributed by atoms with van der Waals surface area (Å²) < 4.78 is 0. The largest absolute Gasteiger partial charge is 0.411 e. The van der Waals surface area contributed by atoms with E-state index in [0.29, 0.717) is 0 Å². The van der Waals surface area contributed by atoms with Crippen molar-refractivity contribution in [3.63, 3.8) is 0 Å². The van der Waals surface area contributed by atoms with Gasteiger partial charge in [-0.3, -0.25) is 9.80 Å². The standard InChI is InChI=1S/C25H31N3O/c29-26-23-15-9-1-2-10-16-24(23)27-17-19-28(20-18-27)25(21-11-5-3-6-12-21)22-13-7-4-8-14-22/h1-8,11-14,24-25,29H,9-10,15-20H2/b2-1-,26-23+. The Morgan fingerprint density at radius 1 is 0.793 bits per heavy atom. The number of nitrogens with zero attached hydrogens (tertiary/aromatic N) is 3. The summed E-state index contributed by atoms with van der Waals surface area (Å²) in [7, 11) is 0. The first kappa shape index (κ1) is 19.9. The number of benzene rings is 2. The van der Waals surface area contributed by atoms with E-state index >= 15 is 0 Å². The number of hydrogen-bond acceptors (Lipinski definition) is 4. The molecule has 0 aromatic heterocycles. The third-order valence-electron chi connectivity index (χ3n) is 6.24. The molecule has 0 spiro atoms. The van der Waals surface area contributed by atoms with Crippen molar-refractivity contribution in [3.8, 4) is 0 Å². The summed E-state index contributed by atoms with van der Waals surface area (Å²) in [6, 6.07) is 22.2. The van der Waals surface area contributed by atoms with Crippen molar-refractivity contribution in [3.05, 3.63) is 83.9 Å². The molecule has 4 nitrogen and oxygen atoms in total. The Kier molecular flexibility index (Phi) is 6.75. The minimum atomic E-state index is 0.263. The first-order valence-corrected chi connectivity index (χ1v) is 10.8. The zero-order valence-electron chi connectivity index (χ0n) is 17.0. The van der Waals surface area contributed by atoms with Gasteiger partial charge in [0.15, 0.2) is 0 Å². The van der Waals surface area contributed by atoms with Gasteiger partial charge in [-0.1, -0.05) is 78.0 Å². The van der Waals surface area contributed by atoms with E-state index in [2.05, 4.69) is 87.8 Å². The maximum Gasteiger partial charge on any atom is 0.0745 e. The number of rotatable bonds is 4. The Balaban J connectivity index is 1.50. The minimum Gasteiger partial charge on any atom is -0.411 e. The lowest BCUT2D eigenvalue weighted by Crippen LogP contribution is -2.53. The van der Waals surface area contributed by atoms with Gasteiger partial charge >= 0.3 is 0 Å². The van der Waals surface area contributed by atoms with E-state index in [9.17, 15) is 5.21 Å². The summed E-state index contributed by atoms with van der Waals surface area (Å²) in [5.41, 5.74) is 3.65. The molecule has 0 bridgehead atoms. The Morgan fingerprint density at radius 3 is 1.97 bits per heavy atom. The van der Waals surface area contributed by atoms with Crippen molar-refractivity contribution in [2.24, 2.45) is 5.16 Å². The molecule has 1 aliphatic heterocycles. The molecule has 1 saturated heterocycles. The molecule has 1 unspecified atom stereocenters. The highest BCUT2D eigenvalue weighted by atomic mass is 16.4. The van der Waals surface area contributed by atoms with Gasteiger partial charge in [-0.05, 0) is 36.8 Å². The summed E-state index contributed by atoms with van der Waals surface area (Å²) >= 11 is 0. The molecule has 29 heavy (non-hydrogen) atoms. The van der Waals surface area contributed by atoms with Crippen molar-refractivity contribution in [1.82, 2.24) is 9.80 Å². The molecule has 2 aromatic rings. The summed E-state index contributed by atoms with van der Waals surface area (Å²) in [6.45, 7) is 4.03. The smallest absolute Gasteiger partial charge is 0.0745 e. The van der Waals surface area contributed by atoms with Gasteiger partial charge in [-0.15, -0.1) is 0 Å². The predicted molar refractivity (Wildman–Crippen MR) is 118 cm³/mol. The fraction of sp³-hybridized carbons (Fsp3) is 0.400. The van der Waals surface area contributed by atoms with E-state index < -0.39 is 0 Å². The normalized spacial score (nSPS) is 24.3. The number of piperazine rings is 1. The Hall–Kier alpha value is -2.43. The molecule has 1 N–H and O–H groups in total. The van der Waals surface area contributed by atoms with E-state index in [1.165, 1.54) is 11.1 Å². The summed E-state index contributed by atoms with van der Waals surface area (Å²) in [5, 5.41) is 13.3. The average Bonchev–Trinajstić information content (AvgIpc) is 2.76. The molecule has 1 aliphatic carbocycles. The molecule has 4 heteroatoms. The molecule has 1 atom stereocenters. The highest BCUT2D eigenvalue weighted by Crippen LogP contribution is 2.30. The molecule has 0 saturated carbocycles. The highest BCUT2D eigenvalue weighted by molar-refractivity contribution is 5.89. The van der Waals surface area contributed by atoms with Gasteiger partial charge in [-0.2, -0.15) is 0 Å². The monoisotopic (exact) mass is 389 g/mol. The van der Waals surface area contributed by atoms with E-state index in [0.717, 1.165) is 57.6 Å². The van der Waals surface area contributed by atoms with E-state index in [1.807, 2.05) is 0 Å². The minimum absolute atomic E-state index is 0.263. The van der Waals surface area contributed by atoms with Crippen molar-refractivity contribution in [1.29, 1.82) is 0 Å². The zero-order valence-corrected chi connectivity index (χ0v) is 17.0. The lowest BCUT2D eigenvalue weighted by atomic mass is 9.94. The number of hydrogen-bond donors (Lipinski definition) is 1. The SMILES string of the molecule is O/N=C1\CC/C=C\CCC1N1CCN(C(c2ccccc2)c2ccccc2)CC1. The Labute approximate surface area is 174 Å². The first-order chi connectivity index (χ1) is 14.4. The van der Waals surface area contributed by atoms with E-state index in [4.69, 9.17) is 0 Å². The van der Waals surface area contributed by atoms with Crippen LogP contribution in [0, 0.1) is 0 Å². The van der Waals surface area contributed by atoms with Crippen LogP contribution < -0.4 is 0 Å². The van der Waals surface area contributed by atoms with Crippen LogP contribution in [0.5, 0.6) is 0 Å². The lowest BCUT2D eigenvalue weighted by molar-refractivity contribution is 0.0930. The second kappa shape index (κ2) is 9.86. The van der Waals surface area contributed by atoms with Crippen LogP contribution in [0.1, 0.15) is 42.9 Å². The van der Waals surface area contributed by atoms with Gasteiger partial charge in [0.2, 0.25) is 0 Å². The van der Waals surface area contributed by atoms with E-state index in [-0.39, 0.29) is 12.1 Å². The van der Waals surface area contributed by atoms with Gasteiger partial charge < -0.3 is 5.21 Å². The van der Waals surface area contributed by atoms with Crippen molar-refractivity contribution < 1.29 is 5.21 Å². The van der Waals surface area contributed by atoms with Crippen LogP contribution in [0.15, 0.2) is 78.0 Å². The highest BCUT2D eigenvalue weighted by Gasteiger charge is 2.31. The molecular formula is C25H31N3O. The van der Waals surface area contributed by atoms with Crippen LogP contribution in [-0.2, 0) is 0 Å². The topological polar surface area (TPSA) is 39.1 Å². The molecule has 152 valence electrons.